The van der Waals surface area contributed by atoms with Crippen LogP contribution in [0.1, 0.15) is 23.1 Å². The molecule has 0 radical (unpaired) electrons. The molecule has 2 heterocycles. The standard InChI is InChI=1S/C24H23N5O2S/c1-28(13-16-6-3-2-4-7-16)24-27-22-21(32-24)23(31)29(15-25-22)14-20(30)26-19-11-10-17-8-5-9-18(17)12-19/h2-4,6-7,10-12,15H,5,8-9,13-14H2,1H3,(H,26,30). The quantitative estimate of drug-likeness (QED) is 0.490. The van der Waals surface area contributed by atoms with Crippen molar-refractivity contribution in [2.24, 2.45) is 0 Å². The fraction of sp³-hybridized carbons (Fsp3) is 0.250. The van der Waals surface area contributed by atoms with Gasteiger partial charge in [0.15, 0.2) is 10.8 Å². The minimum absolute atomic E-state index is 0.0913. The maximum absolute atomic E-state index is 13.0. The van der Waals surface area contributed by atoms with Crippen LogP contribution in [0.15, 0.2) is 59.7 Å². The van der Waals surface area contributed by atoms with Crippen LogP contribution in [0.2, 0.25) is 0 Å². The van der Waals surface area contributed by atoms with E-state index in [9.17, 15) is 9.59 Å². The van der Waals surface area contributed by atoms with Crippen LogP contribution in [-0.4, -0.2) is 27.5 Å². The van der Waals surface area contributed by atoms with Crippen molar-refractivity contribution in [3.63, 3.8) is 0 Å². The Morgan fingerprint density at radius 2 is 1.97 bits per heavy atom. The number of nitrogens with one attached hydrogen (secondary N) is 1. The number of fused-ring (bicyclic) bond motifs is 2. The van der Waals surface area contributed by atoms with Gasteiger partial charge in [-0.05, 0) is 48.1 Å². The molecule has 162 valence electrons. The van der Waals surface area contributed by atoms with Crippen molar-refractivity contribution >= 4 is 38.4 Å². The van der Waals surface area contributed by atoms with Gasteiger partial charge in [-0.3, -0.25) is 14.2 Å². The summed E-state index contributed by atoms with van der Waals surface area (Å²) in [6.45, 7) is 0.587. The zero-order valence-corrected chi connectivity index (χ0v) is 18.6. The fourth-order valence-corrected chi connectivity index (χ4v) is 4.97. The lowest BCUT2D eigenvalue weighted by Crippen LogP contribution is -2.27. The lowest BCUT2D eigenvalue weighted by Gasteiger charge is -2.15. The van der Waals surface area contributed by atoms with Crippen LogP contribution in [-0.2, 0) is 30.7 Å². The number of aromatic nitrogens is 3. The molecule has 0 bridgehead atoms. The minimum Gasteiger partial charge on any atom is -0.347 e. The van der Waals surface area contributed by atoms with Crippen molar-refractivity contribution in [2.75, 3.05) is 17.3 Å². The van der Waals surface area contributed by atoms with E-state index in [-0.39, 0.29) is 18.0 Å². The molecule has 0 fully saturated rings. The van der Waals surface area contributed by atoms with Crippen molar-refractivity contribution in [1.29, 1.82) is 0 Å². The van der Waals surface area contributed by atoms with Crippen molar-refractivity contribution in [1.82, 2.24) is 14.5 Å². The highest BCUT2D eigenvalue weighted by atomic mass is 32.1. The summed E-state index contributed by atoms with van der Waals surface area (Å²) in [6, 6.07) is 16.1. The van der Waals surface area contributed by atoms with Gasteiger partial charge < -0.3 is 10.2 Å². The lowest BCUT2D eigenvalue weighted by atomic mass is 10.1. The number of hydrogen-bond donors (Lipinski definition) is 1. The van der Waals surface area contributed by atoms with Crippen LogP contribution in [0.25, 0.3) is 10.3 Å². The molecule has 1 aliphatic carbocycles. The summed E-state index contributed by atoms with van der Waals surface area (Å²) in [7, 11) is 1.94. The average molecular weight is 446 g/mol. The number of nitrogens with zero attached hydrogens (tertiary/aromatic N) is 4. The molecule has 8 heteroatoms. The number of amides is 1. The van der Waals surface area contributed by atoms with Gasteiger partial charge in [0.2, 0.25) is 5.91 Å². The Hall–Kier alpha value is -3.52. The van der Waals surface area contributed by atoms with E-state index in [1.165, 1.54) is 33.4 Å². The summed E-state index contributed by atoms with van der Waals surface area (Å²) >= 11 is 1.30. The van der Waals surface area contributed by atoms with Crippen molar-refractivity contribution in [3.8, 4) is 0 Å². The fourth-order valence-electron chi connectivity index (χ4n) is 4.04. The molecule has 0 spiro atoms. The number of carbonyl (C=O) groups excluding carboxylic acids is 1. The Morgan fingerprint density at radius 1 is 1.16 bits per heavy atom. The number of rotatable bonds is 6. The summed E-state index contributed by atoms with van der Waals surface area (Å²) in [5, 5.41) is 3.62. The third-order valence-corrected chi connectivity index (χ3v) is 6.80. The molecule has 0 saturated carbocycles. The molecular formula is C24H23N5O2S. The summed E-state index contributed by atoms with van der Waals surface area (Å²) in [4.78, 5) is 36.3. The van der Waals surface area contributed by atoms with E-state index in [1.54, 1.807) is 0 Å². The van der Waals surface area contributed by atoms with E-state index in [0.29, 0.717) is 22.0 Å². The monoisotopic (exact) mass is 445 g/mol. The van der Waals surface area contributed by atoms with Crippen LogP contribution in [0.4, 0.5) is 10.8 Å². The first-order valence-electron chi connectivity index (χ1n) is 10.6. The minimum atomic E-state index is -0.254. The molecule has 2 aromatic carbocycles. The zero-order chi connectivity index (χ0) is 22.1. The Morgan fingerprint density at radius 3 is 2.81 bits per heavy atom. The van der Waals surface area contributed by atoms with E-state index in [0.717, 1.165) is 30.5 Å². The molecule has 2 aromatic heterocycles. The third kappa shape index (κ3) is 4.13. The van der Waals surface area contributed by atoms with Crippen molar-refractivity contribution < 1.29 is 4.79 Å². The molecule has 0 atom stereocenters. The zero-order valence-electron chi connectivity index (χ0n) is 17.7. The van der Waals surface area contributed by atoms with Gasteiger partial charge in [-0.25, -0.2) is 4.98 Å². The molecule has 1 amide bonds. The summed E-state index contributed by atoms with van der Waals surface area (Å²) < 4.78 is 1.79. The summed E-state index contributed by atoms with van der Waals surface area (Å²) in [6.07, 6.45) is 4.70. The molecule has 1 aliphatic rings. The number of aryl methyl sites for hydroxylation is 2. The molecule has 7 nitrogen and oxygen atoms in total. The second-order valence-electron chi connectivity index (χ2n) is 8.05. The highest BCUT2D eigenvalue weighted by molar-refractivity contribution is 7.22. The molecule has 4 aromatic rings. The molecule has 5 rings (SSSR count). The molecule has 1 N–H and O–H groups in total. The van der Waals surface area contributed by atoms with Crippen LogP contribution >= 0.6 is 11.3 Å². The summed E-state index contributed by atoms with van der Waals surface area (Å²) in [5.74, 6) is -0.253. The smallest absolute Gasteiger partial charge is 0.273 e. The second kappa shape index (κ2) is 8.55. The third-order valence-electron chi connectivity index (χ3n) is 5.66. The van der Waals surface area contributed by atoms with Gasteiger partial charge in [0.1, 0.15) is 17.6 Å². The maximum atomic E-state index is 13.0. The van der Waals surface area contributed by atoms with E-state index >= 15 is 0 Å². The van der Waals surface area contributed by atoms with Crippen LogP contribution in [0, 0.1) is 0 Å². The molecule has 32 heavy (non-hydrogen) atoms. The van der Waals surface area contributed by atoms with E-state index in [2.05, 4.69) is 33.5 Å². The summed E-state index contributed by atoms with van der Waals surface area (Å²) in [5.41, 5.74) is 4.72. The van der Waals surface area contributed by atoms with Gasteiger partial charge in [-0.2, -0.15) is 4.98 Å². The van der Waals surface area contributed by atoms with Gasteiger partial charge in [0.25, 0.3) is 5.56 Å². The lowest BCUT2D eigenvalue weighted by molar-refractivity contribution is -0.116. The Kier molecular flexibility index (Phi) is 5.45. The molecule has 0 saturated heterocycles. The highest BCUT2D eigenvalue weighted by Crippen LogP contribution is 2.26. The number of hydrogen-bond acceptors (Lipinski definition) is 6. The predicted molar refractivity (Wildman–Crippen MR) is 127 cm³/mol. The Labute approximate surface area is 189 Å². The topological polar surface area (TPSA) is 80.1 Å². The SMILES string of the molecule is CN(Cc1ccccc1)c1nc2ncn(CC(=O)Nc3ccc4c(c3)CCC4)c(=O)c2s1. The van der Waals surface area contributed by atoms with Crippen LogP contribution in [0.3, 0.4) is 0 Å². The maximum Gasteiger partial charge on any atom is 0.273 e. The van der Waals surface area contributed by atoms with Crippen LogP contribution in [0.5, 0.6) is 0 Å². The second-order valence-corrected chi connectivity index (χ2v) is 9.03. The Balaban J connectivity index is 1.32. The van der Waals surface area contributed by atoms with Gasteiger partial charge in [-0.1, -0.05) is 47.7 Å². The van der Waals surface area contributed by atoms with Crippen LogP contribution < -0.4 is 15.8 Å². The number of carbonyl (C=O) groups is 1. The van der Waals surface area contributed by atoms with Gasteiger partial charge in [0.05, 0.1) is 0 Å². The molecule has 0 aliphatic heterocycles. The predicted octanol–water partition coefficient (Wildman–Crippen LogP) is 3.62. The van der Waals surface area contributed by atoms with E-state index < -0.39 is 0 Å². The van der Waals surface area contributed by atoms with Crippen molar-refractivity contribution in [2.45, 2.75) is 32.4 Å². The molecular weight excluding hydrogens is 422 g/mol. The Bertz CT molecular complexity index is 1350. The normalized spacial score (nSPS) is 12.7. The van der Waals surface area contributed by atoms with Crippen molar-refractivity contribution in [3.05, 3.63) is 81.9 Å². The number of thiazole rings is 1. The number of benzene rings is 2. The first-order chi connectivity index (χ1) is 15.6. The largest absolute Gasteiger partial charge is 0.347 e. The van der Waals surface area contributed by atoms with Gasteiger partial charge in [-0.15, -0.1) is 0 Å². The van der Waals surface area contributed by atoms with E-state index in [1.807, 2.05) is 42.3 Å². The highest BCUT2D eigenvalue weighted by Gasteiger charge is 2.16. The van der Waals surface area contributed by atoms with Gasteiger partial charge in [0, 0.05) is 19.3 Å². The molecule has 0 unspecified atom stereocenters. The van der Waals surface area contributed by atoms with Gasteiger partial charge >= 0.3 is 0 Å². The first-order valence-corrected chi connectivity index (χ1v) is 11.4. The number of anilines is 2. The first kappa shape index (κ1) is 20.4. The van der Waals surface area contributed by atoms with E-state index in [4.69, 9.17) is 0 Å². The average Bonchev–Trinajstić information content (AvgIpc) is 3.43.